The molecule has 4 nitrogen and oxygen atoms in total. The van der Waals surface area contributed by atoms with E-state index in [1.54, 1.807) is 7.05 Å². The van der Waals surface area contributed by atoms with Gasteiger partial charge in [0.25, 0.3) is 5.91 Å². The molecule has 1 rings (SSSR count). The zero-order valence-electron chi connectivity index (χ0n) is 11.7. The number of nitrogens with zero attached hydrogens (tertiary/aromatic N) is 2. The van der Waals surface area contributed by atoms with Gasteiger partial charge in [0.05, 0.1) is 12.2 Å². The first-order chi connectivity index (χ1) is 8.58. The summed E-state index contributed by atoms with van der Waals surface area (Å²) in [4.78, 5) is 13.5. The zero-order valence-corrected chi connectivity index (χ0v) is 11.7. The normalized spacial score (nSPS) is 25.2. The van der Waals surface area contributed by atoms with Crippen molar-refractivity contribution in [2.45, 2.75) is 58.2 Å². The summed E-state index contributed by atoms with van der Waals surface area (Å²) in [6.07, 6.45) is 5.03. The van der Waals surface area contributed by atoms with Crippen LogP contribution in [0.25, 0.3) is 0 Å². The highest BCUT2D eigenvalue weighted by molar-refractivity contribution is 5.80. The maximum absolute atomic E-state index is 12.1. The van der Waals surface area contributed by atoms with Crippen LogP contribution in [0.5, 0.6) is 0 Å². The molecule has 4 heteroatoms. The summed E-state index contributed by atoms with van der Waals surface area (Å²) in [5, 5.41) is 8.61. The van der Waals surface area contributed by atoms with E-state index in [4.69, 9.17) is 10.00 Å². The summed E-state index contributed by atoms with van der Waals surface area (Å²) >= 11 is 0. The van der Waals surface area contributed by atoms with Gasteiger partial charge in [-0.25, -0.2) is 0 Å². The van der Waals surface area contributed by atoms with Crippen molar-refractivity contribution in [3.63, 3.8) is 0 Å². The monoisotopic (exact) mass is 252 g/mol. The Bertz CT molecular complexity index is 311. The van der Waals surface area contributed by atoms with E-state index in [1.807, 2.05) is 13.0 Å². The number of likely N-dealkylation sites (N-methyl/N-ethyl adjacent to an activating group) is 1. The standard InChI is InChI=1S/C14H24N2O2/c1-4-13(14(17)16(3)9-8-15)18-12-7-5-6-11(2)10-12/h11-13H,4-7,9-10H2,1-3H3/t11-,12-,13-/m0/s1. The van der Waals surface area contributed by atoms with Crippen LogP contribution in [0.15, 0.2) is 0 Å². The van der Waals surface area contributed by atoms with Gasteiger partial charge < -0.3 is 9.64 Å². The summed E-state index contributed by atoms with van der Waals surface area (Å²) in [5.41, 5.74) is 0. The molecule has 18 heavy (non-hydrogen) atoms. The molecule has 1 aliphatic rings. The van der Waals surface area contributed by atoms with Crippen molar-refractivity contribution in [1.29, 1.82) is 5.26 Å². The Hall–Kier alpha value is -1.08. The van der Waals surface area contributed by atoms with Crippen molar-refractivity contribution in [2.24, 2.45) is 5.92 Å². The van der Waals surface area contributed by atoms with Crippen LogP contribution >= 0.6 is 0 Å². The van der Waals surface area contributed by atoms with E-state index in [0.29, 0.717) is 12.3 Å². The van der Waals surface area contributed by atoms with Crippen molar-refractivity contribution < 1.29 is 9.53 Å². The molecule has 1 aliphatic carbocycles. The van der Waals surface area contributed by atoms with E-state index in [-0.39, 0.29) is 18.6 Å². The van der Waals surface area contributed by atoms with Crippen LogP contribution in [0.4, 0.5) is 0 Å². The molecular weight excluding hydrogens is 228 g/mol. The molecule has 0 aromatic carbocycles. The topological polar surface area (TPSA) is 53.3 Å². The fraction of sp³-hybridized carbons (Fsp3) is 0.857. The van der Waals surface area contributed by atoms with Gasteiger partial charge in [-0.05, 0) is 25.2 Å². The minimum absolute atomic E-state index is 0.0720. The Morgan fingerprint density at radius 1 is 1.56 bits per heavy atom. The lowest BCUT2D eigenvalue weighted by atomic mass is 9.88. The average molecular weight is 252 g/mol. The van der Waals surface area contributed by atoms with Gasteiger partial charge in [0.2, 0.25) is 0 Å². The SMILES string of the molecule is CC[C@H](O[C@H]1CCC[C@H](C)C1)C(=O)N(C)CC#N. The highest BCUT2D eigenvalue weighted by Crippen LogP contribution is 2.27. The minimum atomic E-state index is -0.390. The molecule has 1 fully saturated rings. The summed E-state index contributed by atoms with van der Waals surface area (Å²) in [6.45, 7) is 4.31. The predicted octanol–water partition coefficient (Wildman–Crippen LogP) is 2.34. The fourth-order valence-electron chi connectivity index (χ4n) is 2.49. The van der Waals surface area contributed by atoms with Gasteiger partial charge in [0.1, 0.15) is 12.6 Å². The smallest absolute Gasteiger partial charge is 0.252 e. The molecule has 0 radical (unpaired) electrons. The third-order valence-corrected chi connectivity index (χ3v) is 3.58. The number of nitriles is 1. The maximum atomic E-state index is 12.1. The molecule has 1 amide bonds. The summed E-state index contributed by atoms with van der Waals surface area (Å²) in [7, 11) is 1.65. The Kier molecular flexibility index (Phi) is 6.14. The first kappa shape index (κ1) is 15.0. The quantitative estimate of drug-likeness (QED) is 0.706. The van der Waals surface area contributed by atoms with Crippen LogP contribution in [0.2, 0.25) is 0 Å². The van der Waals surface area contributed by atoms with E-state index in [2.05, 4.69) is 6.92 Å². The fourth-order valence-corrected chi connectivity index (χ4v) is 2.49. The molecule has 0 unspecified atom stereocenters. The maximum Gasteiger partial charge on any atom is 0.252 e. The van der Waals surface area contributed by atoms with Crippen molar-refractivity contribution in [2.75, 3.05) is 13.6 Å². The molecule has 0 bridgehead atoms. The van der Waals surface area contributed by atoms with E-state index >= 15 is 0 Å². The number of ether oxygens (including phenoxy) is 1. The van der Waals surface area contributed by atoms with Gasteiger partial charge in [-0.2, -0.15) is 5.26 Å². The average Bonchev–Trinajstić information content (AvgIpc) is 2.35. The molecule has 0 heterocycles. The van der Waals surface area contributed by atoms with Gasteiger partial charge in [0.15, 0.2) is 0 Å². The largest absolute Gasteiger partial charge is 0.365 e. The summed E-state index contributed by atoms with van der Waals surface area (Å²) in [5.74, 6) is 0.616. The molecule has 0 aromatic heterocycles. The van der Waals surface area contributed by atoms with Crippen LogP contribution < -0.4 is 0 Å². The number of hydrogen-bond acceptors (Lipinski definition) is 3. The lowest BCUT2D eigenvalue weighted by molar-refractivity contribution is -0.147. The van der Waals surface area contributed by atoms with Crippen LogP contribution in [0.1, 0.15) is 46.0 Å². The third kappa shape index (κ3) is 4.30. The minimum Gasteiger partial charge on any atom is -0.365 e. The lowest BCUT2D eigenvalue weighted by Gasteiger charge is -2.31. The molecule has 1 saturated carbocycles. The third-order valence-electron chi connectivity index (χ3n) is 3.58. The molecule has 0 saturated heterocycles. The molecule has 0 aromatic rings. The Labute approximate surface area is 110 Å². The molecule has 0 spiro atoms. The van der Waals surface area contributed by atoms with Crippen LogP contribution in [0, 0.1) is 17.2 Å². The van der Waals surface area contributed by atoms with Crippen LogP contribution in [-0.2, 0) is 9.53 Å². The van der Waals surface area contributed by atoms with Gasteiger partial charge in [-0.15, -0.1) is 0 Å². The number of carbonyl (C=O) groups excluding carboxylic acids is 1. The first-order valence-corrected chi connectivity index (χ1v) is 6.85. The van der Waals surface area contributed by atoms with Gasteiger partial charge in [-0.1, -0.05) is 26.7 Å². The van der Waals surface area contributed by atoms with Crippen molar-refractivity contribution >= 4 is 5.91 Å². The lowest BCUT2D eigenvalue weighted by Crippen LogP contribution is -2.40. The van der Waals surface area contributed by atoms with Gasteiger partial charge >= 0.3 is 0 Å². The molecule has 3 atom stereocenters. The van der Waals surface area contributed by atoms with Crippen molar-refractivity contribution in [1.82, 2.24) is 4.90 Å². The number of carbonyl (C=O) groups is 1. The second-order valence-corrected chi connectivity index (χ2v) is 5.28. The zero-order chi connectivity index (χ0) is 13.5. The van der Waals surface area contributed by atoms with Crippen LogP contribution in [-0.4, -0.2) is 36.6 Å². The van der Waals surface area contributed by atoms with Crippen LogP contribution in [0.3, 0.4) is 0 Å². The molecule has 0 N–H and O–H groups in total. The molecule has 102 valence electrons. The Morgan fingerprint density at radius 2 is 2.28 bits per heavy atom. The number of amides is 1. The highest BCUT2D eigenvalue weighted by Gasteiger charge is 2.27. The van der Waals surface area contributed by atoms with E-state index < -0.39 is 6.10 Å². The highest BCUT2D eigenvalue weighted by atomic mass is 16.5. The van der Waals surface area contributed by atoms with Gasteiger partial charge in [0, 0.05) is 7.05 Å². The molecular formula is C14H24N2O2. The second kappa shape index (κ2) is 7.38. The summed E-state index contributed by atoms with van der Waals surface area (Å²) < 4.78 is 5.94. The number of hydrogen-bond donors (Lipinski definition) is 0. The molecule has 0 aliphatic heterocycles. The Morgan fingerprint density at radius 3 is 2.83 bits per heavy atom. The van der Waals surface area contributed by atoms with Crippen molar-refractivity contribution in [3.8, 4) is 6.07 Å². The van der Waals surface area contributed by atoms with E-state index in [9.17, 15) is 4.79 Å². The van der Waals surface area contributed by atoms with E-state index in [0.717, 1.165) is 12.8 Å². The van der Waals surface area contributed by atoms with Gasteiger partial charge in [-0.3, -0.25) is 4.79 Å². The van der Waals surface area contributed by atoms with Crippen molar-refractivity contribution in [3.05, 3.63) is 0 Å². The first-order valence-electron chi connectivity index (χ1n) is 6.85. The number of rotatable bonds is 5. The second-order valence-electron chi connectivity index (χ2n) is 5.28. The predicted molar refractivity (Wildman–Crippen MR) is 69.8 cm³/mol. The Balaban J connectivity index is 2.50. The van der Waals surface area contributed by atoms with E-state index in [1.165, 1.54) is 17.7 Å². The summed E-state index contributed by atoms with van der Waals surface area (Å²) in [6, 6.07) is 1.99.